The summed E-state index contributed by atoms with van der Waals surface area (Å²) < 4.78 is 1.02. The molecule has 0 radical (unpaired) electrons. The summed E-state index contributed by atoms with van der Waals surface area (Å²) in [6, 6.07) is 8.23. The van der Waals surface area contributed by atoms with E-state index in [1.807, 2.05) is 12.1 Å². The zero-order valence-electron chi connectivity index (χ0n) is 7.41. The molecule has 0 spiro atoms. The molecule has 1 heterocycles. The fraction of sp³-hybridized carbons (Fsp3) is 0.300. The number of nitrogens with one attached hydrogen (secondary N) is 1. The van der Waals surface area contributed by atoms with E-state index < -0.39 is 0 Å². The fourth-order valence-electron chi connectivity index (χ4n) is 1.37. The van der Waals surface area contributed by atoms with Gasteiger partial charge in [0.15, 0.2) is 0 Å². The van der Waals surface area contributed by atoms with Crippen LogP contribution in [0.5, 0.6) is 0 Å². The van der Waals surface area contributed by atoms with Gasteiger partial charge in [0.1, 0.15) is 0 Å². The molecule has 0 saturated heterocycles. The molecule has 1 aromatic rings. The largest absolute Gasteiger partial charge is 0.372 e. The maximum absolute atomic E-state index is 5.33. The van der Waals surface area contributed by atoms with E-state index in [-0.39, 0.29) is 0 Å². The predicted molar refractivity (Wildman–Crippen MR) is 63.4 cm³/mol. The van der Waals surface area contributed by atoms with Crippen LogP contribution in [0.3, 0.4) is 0 Å². The summed E-state index contributed by atoms with van der Waals surface area (Å²) in [4.78, 5) is 0. The molecule has 0 saturated carbocycles. The lowest BCUT2D eigenvalue weighted by Gasteiger charge is -2.25. The average Bonchev–Trinajstić information content (AvgIpc) is 2.18. The molecule has 1 aliphatic heterocycles. The Morgan fingerprint density at radius 2 is 2.23 bits per heavy atom. The Labute approximate surface area is 87.9 Å². The van der Waals surface area contributed by atoms with Gasteiger partial charge in [-0.15, -0.1) is 0 Å². The summed E-state index contributed by atoms with van der Waals surface area (Å²) in [5.74, 6) is 0. The monoisotopic (exact) mass is 209 g/mol. The quantitative estimate of drug-likeness (QED) is 0.713. The second-order valence-corrected chi connectivity index (χ2v) is 4.87. The van der Waals surface area contributed by atoms with Gasteiger partial charge in [-0.3, -0.25) is 0 Å². The van der Waals surface area contributed by atoms with Crippen LogP contribution in [0.2, 0.25) is 0 Å². The van der Waals surface area contributed by atoms with E-state index >= 15 is 0 Å². The number of anilines is 1. The van der Waals surface area contributed by atoms with Crippen LogP contribution in [0.1, 0.15) is 18.9 Å². The van der Waals surface area contributed by atoms with Crippen molar-refractivity contribution in [3.05, 3.63) is 29.8 Å². The first-order valence-corrected chi connectivity index (χ1v) is 5.66. The van der Waals surface area contributed by atoms with Crippen LogP contribution >= 0.6 is 24.0 Å². The van der Waals surface area contributed by atoms with Gasteiger partial charge in [0.2, 0.25) is 0 Å². The third kappa shape index (κ3) is 1.71. The van der Waals surface area contributed by atoms with Gasteiger partial charge in [-0.05, 0) is 12.5 Å². The molecule has 0 bridgehead atoms. The summed E-state index contributed by atoms with van der Waals surface area (Å²) in [5, 5.41) is 3.90. The molecule has 3 heteroatoms. The second kappa shape index (κ2) is 3.68. The molecule has 1 aliphatic rings. The van der Waals surface area contributed by atoms with Gasteiger partial charge in [-0.25, -0.2) is 0 Å². The third-order valence-electron chi connectivity index (χ3n) is 2.08. The van der Waals surface area contributed by atoms with Crippen molar-refractivity contribution < 1.29 is 0 Å². The molecule has 13 heavy (non-hydrogen) atoms. The van der Waals surface area contributed by atoms with Gasteiger partial charge in [-0.1, -0.05) is 49.1 Å². The van der Waals surface area contributed by atoms with E-state index in [9.17, 15) is 0 Å². The standard InChI is InChI=1S/C10H11NS2/c1-2-9-11-8-6-4-3-5-7(8)10(12)13-9/h3-6,9,11H,2H2,1H3. The van der Waals surface area contributed by atoms with Crippen molar-refractivity contribution in [3.8, 4) is 0 Å². The van der Waals surface area contributed by atoms with Gasteiger partial charge < -0.3 is 5.32 Å². The molecule has 0 aromatic heterocycles. The number of para-hydroxylation sites is 1. The second-order valence-electron chi connectivity index (χ2n) is 2.99. The molecule has 1 atom stereocenters. The van der Waals surface area contributed by atoms with E-state index in [0.717, 1.165) is 10.6 Å². The van der Waals surface area contributed by atoms with Crippen LogP contribution in [0.4, 0.5) is 5.69 Å². The molecule has 1 aromatic carbocycles. The zero-order valence-corrected chi connectivity index (χ0v) is 9.04. The highest BCUT2D eigenvalue weighted by molar-refractivity contribution is 8.24. The highest BCUT2D eigenvalue weighted by atomic mass is 32.2. The minimum absolute atomic E-state index is 0.447. The Bertz CT molecular complexity index is 335. The van der Waals surface area contributed by atoms with Crippen LogP contribution in [0.25, 0.3) is 0 Å². The van der Waals surface area contributed by atoms with E-state index in [0.29, 0.717) is 5.37 Å². The van der Waals surface area contributed by atoms with Gasteiger partial charge in [0.25, 0.3) is 0 Å². The van der Waals surface area contributed by atoms with Crippen molar-refractivity contribution in [2.24, 2.45) is 0 Å². The molecule has 2 rings (SSSR count). The molecule has 0 aliphatic carbocycles. The molecule has 1 nitrogen and oxygen atoms in total. The highest BCUT2D eigenvalue weighted by Gasteiger charge is 2.19. The number of thiocarbonyl (C=S) groups is 1. The van der Waals surface area contributed by atoms with E-state index in [1.165, 1.54) is 11.3 Å². The van der Waals surface area contributed by atoms with Gasteiger partial charge in [0.05, 0.1) is 9.57 Å². The van der Waals surface area contributed by atoms with Crippen LogP contribution in [-0.4, -0.2) is 9.57 Å². The molecule has 0 fully saturated rings. The molecule has 68 valence electrons. The Kier molecular flexibility index (Phi) is 2.56. The normalized spacial score (nSPS) is 20.7. The first-order valence-electron chi connectivity index (χ1n) is 4.38. The Morgan fingerprint density at radius 1 is 1.46 bits per heavy atom. The Hall–Kier alpha value is -0.540. The van der Waals surface area contributed by atoms with E-state index in [4.69, 9.17) is 12.2 Å². The number of rotatable bonds is 1. The third-order valence-corrected chi connectivity index (χ3v) is 3.76. The van der Waals surface area contributed by atoms with Crippen LogP contribution in [-0.2, 0) is 0 Å². The van der Waals surface area contributed by atoms with Crippen molar-refractivity contribution in [2.75, 3.05) is 5.32 Å². The molecular formula is C10H11NS2. The van der Waals surface area contributed by atoms with Crippen molar-refractivity contribution in [2.45, 2.75) is 18.7 Å². The minimum atomic E-state index is 0.447. The number of thioether (sulfide) groups is 1. The molecular weight excluding hydrogens is 198 g/mol. The Morgan fingerprint density at radius 3 is 3.00 bits per heavy atom. The SMILES string of the molecule is CCC1Nc2ccccc2C(=S)S1. The van der Waals surface area contributed by atoms with Crippen molar-refractivity contribution in [3.63, 3.8) is 0 Å². The summed E-state index contributed by atoms with van der Waals surface area (Å²) in [6.45, 7) is 2.17. The van der Waals surface area contributed by atoms with Crippen molar-refractivity contribution >= 4 is 33.9 Å². The van der Waals surface area contributed by atoms with Gasteiger partial charge >= 0.3 is 0 Å². The number of hydrogen-bond acceptors (Lipinski definition) is 3. The minimum Gasteiger partial charge on any atom is -0.372 e. The zero-order chi connectivity index (χ0) is 9.26. The lowest BCUT2D eigenvalue weighted by Crippen LogP contribution is -2.22. The van der Waals surface area contributed by atoms with Crippen LogP contribution in [0.15, 0.2) is 24.3 Å². The van der Waals surface area contributed by atoms with Crippen molar-refractivity contribution in [1.29, 1.82) is 0 Å². The summed E-state index contributed by atoms with van der Waals surface area (Å²) in [7, 11) is 0. The molecule has 1 N–H and O–H groups in total. The smallest absolute Gasteiger partial charge is 0.0818 e. The summed E-state index contributed by atoms with van der Waals surface area (Å²) >= 11 is 7.08. The summed E-state index contributed by atoms with van der Waals surface area (Å²) in [6.07, 6.45) is 1.10. The maximum Gasteiger partial charge on any atom is 0.0818 e. The van der Waals surface area contributed by atoms with Crippen LogP contribution in [0, 0.1) is 0 Å². The predicted octanol–water partition coefficient (Wildman–Crippen LogP) is 3.26. The van der Waals surface area contributed by atoms with E-state index in [2.05, 4.69) is 24.4 Å². The highest BCUT2D eigenvalue weighted by Crippen LogP contribution is 2.32. The van der Waals surface area contributed by atoms with E-state index in [1.54, 1.807) is 11.8 Å². The number of hydrogen-bond donors (Lipinski definition) is 1. The van der Waals surface area contributed by atoms with Gasteiger partial charge in [-0.2, -0.15) is 0 Å². The van der Waals surface area contributed by atoms with Crippen molar-refractivity contribution in [1.82, 2.24) is 0 Å². The lowest BCUT2D eigenvalue weighted by molar-refractivity contribution is 0.921. The first-order chi connectivity index (χ1) is 6.31. The topological polar surface area (TPSA) is 12.0 Å². The molecule has 0 amide bonds. The number of benzene rings is 1. The lowest BCUT2D eigenvalue weighted by atomic mass is 10.2. The average molecular weight is 209 g/mol. The maximum atomic E-state index is 5.33. The fourth-order valence-corrected chi connectivity index (χ4v) is 2.81. The molecule has 1 unspecified atom stereocenters. The van der Waals surface area contributed by atoms with Gasteiger partial charge in [0, 0.05) is 11.3 Å². The Balaban J connectivity index is 2.37. The number of fused-ring (bicyclic) bond motifs is 1. The van der Waals surface area contributed by atoms with Crippen LogP contribution < -0.4 is 5.32 Å². The summed E-state index contributed by atoms with van der Waals surface area (Å²) in [5.41, 5.74) is 2.35. The first kappa shape index (κ1) is 9.03.